The Bertz CT molecular complexity index is 2070. The maximum Gasteiger partial charge on any atom is 0.260 e. The van der Waals surface area contributed by atoms with Crippen LogP contribution in [0.3, 0.4) is 0 Å². The molecule has 2 saturated heterocycles. The fourth-order valence-electron chi connectivity index (χ4n) is 8.58. The molecule has 0 aromatic heterocycles. The van der Waals surface area contributed by atoms with Gasteiger partial charge in [0.2, 0.25) is 11.8 Å². The maximum atomic E-state index is 15.1. The minimum Gasteiger partial charge on any atom is -0.508 e. The third-order valence-electron chi connectivity index (χ3n) is 10.5. The number of benzene rings is 4. The number of allylic oxidation sites excluding steroid dienone is 2. The lowest BCUT2D eigenvalue weighted by Gasteiger charge is -2.50. The first kappa shape index (κ1) is 31.5. The highest BCUT2D eigenvalue weighted by Crippen LogP contribution is 2.64. The number of nitrogens with zero attached hydrogens (tertiary/aromatic N) is 2. The Labute approximate surface area is 294 Å². The molecule has 2 N–H and O–H groups in total. The van der Waals surface area contributed by atoms with Crippen molar-refractivity contribution in [2.45, 2.75) is 24.2 Å². The molecular formula is C38H28BrClFN3O5. The number of carbonyl (C=O) groups excluding carboxylic acids is 4. The highest BCUT2D eigenvalue weighted by Gasteiger charge is 2.70. The molecule has 1 saturated carbocycles. The predicted molar refractivity (Wildman–Crippen MR) is 184 cm³/mol. The van der Waals surface area contributed by atoms with Crippen molar-refractivity contribution in [2.24, 2.45) is 23.7 Å². The first-order valence-corrected chi connectivity index (χ1v) is 17.1. The zero-order chi connectivity index (χ0) is 34.2. The number of phenols is 1. The maximum absolute atomic E-state index is 15.1. The van der Waals surface area contributed by atoms with Gasteiger partial charge in [-0.05, 0) is 103 Å². The quantitative estimate of drug-likeness (QED) is 0.167. The molecule has 11 heteroatoms. The fraction of sp³-hybridized carbons (Fsp3) is 0.211. The van der Waals surface area contributed by atoms with Crippen LogP contribution in [-0.4, -0.2) is 33.7 Å². The van der Waals surface area contributed by atoms with Crippen molar-refractivity contribution in [1.29, 1.82) is 0 Å². The fourth-order valence-corrected chi connectivity index (χ4v) is 8.97. The summed E-state index contributed by atoms with van der Waals surface area (Å²) in [5, 5.41) is 12.2. The van der Waals surface area contributed by atoms with Gasteiger partial charge in [0.15, 0.2) is 0 Å². The molecule has 3 fully saturated rings. The van der Waals surface area contributed by atoms with Crippen molar-refractivity contribution in [2.75, 3.05) is 10.3 Å². The van der Waals surface area contributed by atoms with E-state index in [4.69, 9.17) is 11.6 Å². The Balaban J connectivity index is 1.31. The Morgan fingerprint density at radius 3 is 2.27 bits per heavy atom. The van der Waals surface area contributed by atoms with Crippen LogP contribution >= 0.6 is 27.5 Å². The van der Waals surface area contributed by atoms with E-state index in [1.165, 1.54) is 35.2 Å². The van der Waals surface area contributed by atoms with Gasteiger partial charge in [0.1, 0.15) is 11.6 Å². The molecule has 49 heavy (non-hydrogen) atoms. The lowest BCUT2D eigenvalue weighted by Crippen LogP contribution is -2.53. The van der Waals surface area contributed by atoms with Gasteiger partial charge in [-0.25, -0.2) is 4.39 Å². The van der Waals surface area contributed by atoms with Crippen LogP contribution in [-0.2, 0) is 24.6 Å². The number of hydrogen-bond donors (Lipinski definition) is 2. The first-order chi connectivity index (χ1) is 23.6. The summed E-state index contributed by atoms with van der Waals surface area (Å²) >= 11 is 9.74. The normalized spacial score (nSPS) is 27.5. The van der Waals surface area contributed by atoms with Gasteiger partial charge in [0.05, 0.1) is 34.5 Å². The summed E-state index contributed by atoms with van der Waals surface area (Å²) < 4.78 is 14.6. The van der Waals surface area contributed by atoms with Crippen LogP contribution in [0.2, 0.25) is 5.02 Å². The first-order valence-electron chi connectivity index (χ1n) is 15.9. The largest absolute Gasteiger partial charge is 0.508 e. The molecule has 4 amide bonds. The molecule has 6 atom stereocenters. The molecule has 2 aliphatic carbocycles. The molecular weight excluding hydrogens is 713 g/mol. The van der Waals surface area contributed by atoms with E-state index in [2.05, 4.69) is 21.4 Å². The Hall–Kier alpha value is -4.80. The van der Waals surface area contributed by atoms with E-state index in [0.29, 0.717) is 27.5 Å². The van der Waals surface area contributed by atoms with E-state index in [-0.39, 0.29) is 30.4 Å². The summed E-state index contributed by atoms with van der Waals surface area (Å²) in [7, 11) is 0. The Morgan fingerprint density at radius 2 is 1.57 bits per heavy atom. The summed E-state index contributed by atoms with van der Waals surface area (Å²) in [6.45, 7) is 0. The number of fused-ring (bicyclic) bond motifs is 4. The molecule has 4 aromatic carbocycles. The summed E-state index contributed by atoms with van der Waals surface area (Å²) in [6.07, 6.45) is 2.34. The Morgan fingerprint density at radius 1 is 0.857 bits per heavy atom. The summed E-state index contributed by atoms with van der Waals surface area (Å²) in [6, 6.07) is 25.7. The molecule has 6 unspecified atom stereocenters. The van der Waals surface area contributed by atoms with Gasteiger partial charge >= 0.3 is 0 Å². The number of nitrogens with one attached hydrogen (secondary N) is 1. The molecule has 8 nitrogen and oxygen atoms in total. The third-order valence-corrected chi connectivity index (χ3v) is 11.3. The molecule has 4 aliphatic rings. The number of aromatic hydroxyl groups is 1. The lowest BCUT2D eigenvalue weighted by molar-refractivity contribution is -0.138. The second-order valence-corrected chi connectivity index (χ2v) is 14.3. The summed E-state index contributed by atoms with van der Waals surface area (Å²) in [4.78, 5) is 59.2. The van der Waals surface area contributed by atoms with E-state index in [1.54, 1.807) is 66.7 Å². The number of phenolic OH excluding ortho intramolecular Hbond substituents is 1. The monoisotopic (exact) mass is 739 g/mol. The second kappa shape index (κ2) is 11.7. The van der Waals surface area contributed by atoms with Gasteiger partial charge in [0.25, 0.3) is 11.8 Å². The third kappa shape index (κ3) is 4.75. The zero-order valence-corrected chi connectivity index (χ0v) is 28.1. The highest BCUT2D eigenvalue weighted by atomic mass is 79.9. The topological polar surface area (TPSA) is 107 Å². The number of hydrogen-bond acceptors (Lipinski definition) is 6. The van der Waals surface area contributed by atoms with Crippen molar-refractivity contribution >= 4 is 62.5 Å². The standard InChI is InChI=1S/C38H28BrClFN3O5/c39-22-6-14-26(15-7-22)43-34(46)29-17-16-28-30(32(29)36(43)48)19-31-35(47)44(42-25-12-10-24(41)11-13-25)37(49)38(31,21-4-8-23(40)9-5-21)33(28)20-2-1-3-27(45)18-20/h1-16,18,29-33,42,45H,17,19H2. The smallest absolute Gasteiger partial charge is 0.260 e. The van der Waals surface area contributed by atoms with Crippen molar-refractivity contribution in [3.8, 4) is 5.75 Å². The number of rotatable bonds is 5. The van der Waals surface area contributed by atoms with Crippen LogP contribution in [0.1, 0.15) is 29.9 Å². The summed E-state index contributed by atoms with van der Waals surface area (Å²) in [5.41, 5.74) is 4.10. The van der Waals surface area contributed by atoms with E-state index in [1.807, 2.05) is 6.08 Å². The van der Waals surface area contributed by atoms with E-state index >= 15 is 4.79 Å². The molecule has 0 radical (unpaired) electrons. The molecule has 0 bridgehead atoms. The molecule has 4 aromatic rings. The number of hydrazine groups is 1. The van der Waals surface area contributed by atoms with Crippen molar-refractivity contribution in [3.05, 3.63) is 135 Å². The van der Waals surface area contributed by atoms with Crippen LogP contribution < -0.4 is 10.3 Å². The zero-order valence-electron chi connectivity index (χ0n) is 25.7. The van der Waals surface area contributed by atoms with Crippen LogP contribution in [0.4, 0.5) is 15.8 Å². The van der Waals surface area contributed by atoms with Crippen LogP contribution in [0.5, 0.6) is 5.75 Å². The molecule has 2 aliphatic heterocycles. The second-order valence-electron chi connectivity index (χ2n) is 13.0. The van der Waals surface area contributed by atoms with Crippen molar-refractivity contribution < 1.29 is 28.7 Å². The molecule has 8 rings (SSSR count). The van der Waals surface area contributed by atoms with Gasteiger partial charge in [-0.2, -0.15) is 5.01 Å². The Kier molecular flexibility index (Phi) is 7.49. The van der Waals surface area contributed by atoms with Crippen LogP contribution in [0.25, 0.3) is 0 Å². The average Bonchev–Trinajstić information content (AvgIpc) is 3.47. The van der Waals surface area contributed by atoms with Gasteiger partial charge in [-0.15, -0.1) is 0 Å². The van der Waals surface area contributed by atoms with Crippen LogP contribution in [0.15, 0.2) is 113 Å². The van der Waals surface area contributed by atoms with Gasteiger partial charge < -0.3 is 5.11 Å². The molecule has 246 valence electrons. The lowest BCUT2D eigenvalue weighted by atomic mass is 9.49. The minimum atomic E-state index is -1.52. The van der Waals surface area contributed by atoms with Gasteiger partial charge in [-0.3, -0.25) is 29.5 Å². The number of carbonyl (C=O) groups is 4. The number of halogens is 3. The van der Waals surface area contributed by atoms with Gasteiger partial charge in [0, 0.05) is 15.4 Å². The number of amides is 4. The minimum absolute atomic E-state index is 0.0247. The number of imide groups is 2. The predicted octanol–water partition coefficient (Wildman–Crippen LogP) is 7.14. The van der Waals surface area contributed by atoms with E-state index in [0.717, 1.165) is 15.1 Å². The molecule has 0 spiro atoms. The van der Waals surface area contributed by atoms with E-state index in [9.17, 15) is 23.9 Å². The average molecular weight is 741 g/mol. The molecule has 2 heterocycles. The van der Waals surface area contributed by atoms with Crippen molar-refractivity contribution in [3.63, 3.8) is 0 Å². The van der Waals surface area contributed by atoms with E-state index < -0.39 is 52.6 Å². The van der Waals surface area contributed by atoms with Crippen LogP contribution in [0, 0.1) is 29.5 Å². The van der Waals surface area contributed by atoms with Crippen molar-refractivity contribution in [1.82, 2.24) is 5.01 Å². The van der Waals surface area contributed by atoms with Gasteiger partial charge in [-0.1, -0.05) is 63.4 Å². The SMILES string of the molecule is O=C1C2CC3C(=CCC4C(=O)N(c5ccc(Br)cc5)C(=O)C43)C(c3cccc(O)c3)C2(c2ccc(Cl)cc2)C(=O)N1Nc1ccc(F)cc1. The highest BCUT2D eigenvalue weighted by molar-refractivity contribution is 9.10. The summed E-state index contributed by atoms with van der Waals surface area (Å²) in [5.74, 6) is -5.94. The number of anilines is 2.